The molecule has 0 N–H and O–H groups in total. The number of aryl methyl sites for hydroxylation is 1. The zero-order valence-corrected chi connectivity index (χ0v) is 18.8. The lowest BCUT2D eigenvalue weighted by molar-refractivity contribution is -0.123. The Morgan fingerprint density at radius 2 is 1.72 bits per heavy atom. The zero-order valence-electron chi connectivity index (χ0n) is 17.9. The smallest absolute Gasteiger partial charge is 0.294 e. The Labute approximate surface area is 177 Å². The van der Waals surface area contributed by atoms with Crippen LogP contribution in [0.1, 0.15) is 50.2 Å². The molecule has 4 nitrogen and oxygen atoms in total. The van der Waals surface area contributed by atoms with Crippen molar-refractivity contribution in [2.75, 3.05) is 0 Å². The van der Waals surface area contributed by atoms with Gasteiger partial charge < -0.3 is 4.57 Å². The van der Waals surface area contributed by atoms with Gasteiger partial charge in [-0.25, -0.2) is 0 Å². The third kappa shape index (κ3) is 3.97. The molecule has 0 bridgehead atoms. The van der Waals surface area contributed by atoms with Crippen molar-refractivity contribution in [1.82, 2.24) is 9.47 Å². The monoisotopic (exact) mass is 408 g/mol. The van der Waals surface area contributed by atoms with E-state index < -0.39 is 0 Å². The second-order valence-electron chi connectivity index (χ2n) is 8.49. The minimum absolute atomic E-state index is 0.107. The van der Waals surface area contributed by atoms with E-state index in [9.17, 15) is 9.59 Å². The minimum atomic E-state index is -0.317. The van der Waals surface area contributed by atoms with Crippen molar-refractivity contribution >= 4 is 29.0 Å². The maximum atomic E-state index is 12.7. The molecule has 29 heavy (non-hydrogen) atoms. The maximum Gasteiger partial charge on any atom is 0.294 e. The molecule has 0 saturated carbocycles. The predicted octanol–water partition coefficient (Wildman–Crippen LogP) is 6.00. The molecule has 0 aliphatic carbocycles. The van der Waals surface area contributed by atoms with E-state index in [1.165, 1.54) is 10.5 Å². The lowest BCUT2D eigenvalue weighted by Gasteiger charge is -2.20. The van der Waals surface area contributed by atoms with Crippen LogP contribution < -0.4 is 0 Å². The van der Waals surface area contributed by atoms with Gasteiger partial charge in [-0.3, -0.25) is 14.5 Å². The van der Waals surface area contributed by atoms with E-state index in [2.05, 4.69) is 62.2 Å². The van der Waals surface area contributed by atoms with Gasteiger partial charge in [0.15, 0.2) is 0 Å². The van der Waals surface area contributed by atoms with E-state index in [-0.39, 0.29) is 22.6 Å². The number of carbonyl (C=O) groups excluding carboxylic acids is 2. The Hall–Kier alpha value is -2.53. The number of imide groups is 1. The van der Waals surface area contributed by atoms with Gasteiger partial charge in [-0.2, -0.15) is 0 Å². The minimum Gasteiger partial charge on any atom is -0.318 e. The molecule has 5 heteroatoms. The first-order valence-corrected chi connectivity index (χ1v) is 10.6. The normalized spacial score (nSPS) is 17.3. The summed E-state index contributed by atoms with van der Waals surface area (Å²) in [7, 11) is 0. The molecule has 1 aliphatic rings. The highest BCUT2D eigenvalue weighted by Gasteiger charge is 2.37. The van der Waals surface area contributed by atoms with Crippen LogP contribution in [0.3, 0.4) is 0 Å². The summed E-state index contributed by atoms with van der Waals surface area (Å²) in [5, 5.41) is -0.250. The quantitative estimate of drug-likeness (QED) is 0.460. The van der Waals surface area contributed by atoms with Crippen LogP contribution in [-0.2, 0) is 10.2 Å². The summed E-state index contributed by atoms with van der Waals surface area (Å²) in [6.07, 6.45) is 3.43. The molecule has 1 aromatic carbocycles. The number of hydrogen-bond acceptors (Lipinski definition) is 3. The molecule has 1 aromatic heterocycles. The van der Waals surface area contributed by atoms with Crippen molar-refractivity contribution in [2.45, 2.75) is 53.0 Å². The van der Waals surface area contributed by atoms with Crippen molar-refractivity contribution in [2.24, 2.45) is 0 Å². The van der Waals surface area contributed by atoms with Crippen LogP contribution in [0.15, 0.2) is 47.9 Å². The molecule has 0 spiro atoms. The van der Waals surface area contributed by atoms with Crippen molar-refractivity contribution in [3.63, 3.8) is 0 Å². The third-order valence-electron chi connectivity index (χ3n) is 5.32. The van der Waals surface area contributed by atoms with Crippen LogP contribution in [0.5, 0.6) is 0 Å². The lowest BCUT2D eigenvalue weighted by Crippen LogP contribution is -2.35. The molecule has 3 rings (SSSR count). The van der Waals surface area contributed by atoms with Crippen LogP contribution in [0, 0.1) is 13.8 Å². The number of nitrogens with zero attached hydrogens (tertiary/aromatic N) is 2. The molecule has 1 fully saturated rings. The first-order chi connectivity index (χ1) is 13.5. The van der Waals surface area contributed by atoms with Gasteiger partial charge >= 0.3 is 0 Å². The second kappa shape index (κ2) is 7.71. The van der Waals surface area contributed by atoms with Gasteiger partial charge in [0.2, 0.25) is 0 Å². The Bertz CT molecular complexity index is 1010. The molecule has 2 aromatic rings. The van der Waals surface area contributed by atoms with E-state index in [1.807, 2.05) is 19.9 Å². The van der Waals surface area contributed by atoms with Gasteiger partial charge in [0.25, 0.3) is 11.1 Å². The fraction of sp³-hybridized carbons (Fsp3) is 0.333. The van der Waals surface area contributed by atoms with Gasteiger partial charge in [-0.05, 0) is 73.4 Å². The molecule has 2 amide bonds. The predicted molar refractivity (Wildman–Crippen MR) is 121 cm³/mol. The van der Waals surface area contributed by atoms with Gasteiger partial charge in [0, 0.05) is 17.1 Å². The summed E-state index contributed by atoms with van der Waals surface area (Å²) in [4.78, 5) is 26.6. The Kier molecular flexibility index (Phi) is 5.63. The summed E-state index contributed by atoms with van der Waals surface area (Å²) < 4.78 is 2.18. The number of hydrogen-bond donors (Lipinski definition) is 0. The molecule has 1 atom stereocenters. The molecule has 1 aliphatic heterocycles. The third-order valence-corrected chi connectivity index (χ3v) is 6.20. The number of rotatable bonds is 4. The molecule has 0 unspecified atom stereocenters. The van der Waals surface area contributed by atoms with E-state index >= 15 is 0 Å². The highest BCUT2D eigenvalue weighted by molar-refractivity contribution is 8.18. The Morgan fingerprint density at radius 3 is 2.28 bits per heavy atom. The highest BCUT2D eigenvalue weighted by atomic mass is 32.2. The van der Waals surface area contributed by atoms with Crippen LogP contribution in [-0.4, -0.2) is 26.7 Å². The number of amides is 2. The SMILES string of the molecule is C=C[C@H](C)N1C(=O)S/C(=C\c2cc(C)n(-c3ccc(C(C)(C)C)cc3)c2C)C1=O. The topological polar surface area (TPSA) is 42.3 Å². The molecule has 1 saturated heterocycles. The van der Waals surface area contributed by atoms with Crippen LogP contribution >= 0.6 is 11.8 Å². The summed E-state index contributed by atoms with van der Waals surface area (Å²) in [5.74, 6) is -0.258. The van der Waals surface area contributed by atoms with Gasteiger partial charge in [-0.15, -0.1) is 6.58 Å². The van der Waals surface area contributed by atoms with E-state index in [1.54, 1.807) is 13.0 Å². The average molecular weight is 409 g/mol. The van der Waals surface area contributed by atoms with Gasteiger partial charge in [-0.1, -0.05) is 39.0 Å². The molecular formula is C24H28N2O2S. The standard InChI is InChI=1S/C24H28N2O2S/c1-8-15(2)26-22(27)21(29-23(26)28)14-18-13-16(3)25(17(18)4)20-11-9-19(10-12-20)24(5,6)7/h8-15H,1H2,2-7H3/b21-14-/t15-/m0/s1. The van der Waals surface area contributed by atoms with Crippen LogP contribution in [0.2, 0.25) is 0 Å². The number of thioether (sulfide) groups is 1. The summed E-state index contributed by atoms with van der Waals surface area (Å²) >= 11 is 0.986. The first kappa shape index (κ1) is 21.2. The summed E-state index contributed by atoms with van der Waals surface area (Å²) in [5.41, 5.74) is 5.54. The van der Waals surface area contributed by atoms with Crippen LogP contribution in [0.4, 0.5) is 4.79 Å². The number of benzene rings is 1. The van der Waals surface area contributed by atoms with E-state index in [0.717, 1.165) is 34.4 Å². The second-order valence-corrected chi connectivity index (χ2v) is 9.48. The largest absolute Gasteiger partial charge is 0.318 e. The van der Waals surface area contributed by atoms with Crippen LogP contribution in [0.25, 0.3) is 11.8 Å². The van der Waals surface area contributed by atoms with E-state index in [4.69, 9.17) is 0 Å². The van der Waals surface area contributed by atoms with Gasteiger partial charge in [0.05, 0.1) is 10.9 Å². The Balaban J connectivity index is 1.96. The lowest BCUT2D eigenvalue weighted by atomic mass is 9.87. The maximum absolute atomic E-state index is 12.7. The summed E-state index contributed by atoms with van der Waals surface area (Å²) in [6, 6.07) is 10.3. The molecule has 2 heterocycles. The highest BCUT2D eigenvalue weighted by Crippen LogP contribution is 2.35. The van der Waals surface area contributed by atoms with Crippen molar-refractivity contribution < 1.29 is 9.59 Å². The zero-order chi connectivity index (χ0) is 21.5. The van der Waals surface area contributed by atoms with Crippen molar-refractivity contribution in [3.8, 4) is 5.69 Å². The first-order valence-electron chi connectivity index (χ1n) is 9.74. The average Bonchev–Trinajstić information content (AvgIpc) is 3.09. The van der Waals surface area contributed by atoms with Crippen molar-refractivity contribution in [3.05, 3.63) is 70.4 Å². The number of carbonyl (C=O) groups is 2. The molecule has 152 valence electrons. The fourth-order valence-electron chi connectivity index (χ4n) is 3.52. The number of aromatic nitrogens is 1. The van der Waals surface area contributed by atoms with E-state index in [0.29, 0.717) is 4.91 Å². The molecular weight excluding hydrogens is 380 g/mol. The summed E-state index contributed by atoms with van der Waals surface area (Å²) in [6.45, 7) is 16.2. The van der Waals surface area contributed by atoms with Gasteiger partial charge in [0.1, 0.15) is 0 Å². The fourth-order valence-corrected chi connectivity index (χ4v) is 4.43. The molecule has 0 radical (unpaired) electrons. The Morgan fingerprint density at radius 1 is 1.10 bits per heavy atom. The van der Waals surface area contributed by atoms with Crippen molar-refractivity contribution in [1.29, 1.82) is 0 Å².